The second-order valence-corrected chi connectivity index (χ2v) is 6.26. The van der Waals surface area contributed by atoms with Crippen molar-refractivity contribution in [1.82, 2.24) is 10.2 Å². The molecular formula is C17H22N2O5. The number of urea groups is 1. The lowest BCUT2D eigenvalue weighted by Gasteiger charge is -2.22. The number of aliphatic hydroxyl groups is 1. The molecule has 0 radical (unpaired) electrons. The first kappa shape index (κ1) is 16.6. The number of methoxy groups -OCH3 is 2. The summed E-state index contributed by atoms with van der Waals surface area (Å²) in [6.45, 7) is -0.115. The van der Waals surface area contributed by atoms with Crippen LogP contribution >= 0.6 is 0 Å². The van der Waals surface area contributed by atoms with E-state index in [1.807, 2.05) is 0 Å². The number of nitrogens with zero attached hydrogens (tertiary/aromatic N) is 1. The molecule has 130 valence electrons. The topological polar surface area (TPSA) is 88.1 Å². The van der Waals surface area contributed by atoms with Crippen molar-refractivity contribution in [1.29, 1.82) is 0 Å². The fourth-order valence-electron chi connectivity index (χ4n) is 3.53. The molecule has 1 aromatic rings. The van der Waals surface area contributed by atoms with Crippen LogP contribution in [-0.2, 0) is 4.79 Å². The summed E-state index contributed by atoms with van der Waals surface area (Å²) in [6.07, 6.45) is 2.11. The number of hydrogen-bond donors (Lipinski definition) is 2. The van der Waals surface area contributed by atoms with E-state index in [1.165, 1.54) is 14.2 Å². The Balaban J connectivity index is 1.81. The number of β-amino-alcohol motifs (C(OH)–C–C–N with tert-alkyl or cyclic N) is 1. The van der Waals surface area contributed by atoms with Gasteiger partial charge in [0.05, 0.1) is 20.8 Å². The van der Waals surface area contributed by atoms with Crippen molar-refractivity contribution in [3.05, 3.63) is 23.8 Å². The third-order valence-electron chi connectivity index (χ3n) is 4.85. The highest BCUT2D eigenvalue weighted by Gasteiger charge is 2.52. The van der Waals surface area contributed by atoms with Crippen molar-refractivity contribution in [3.8, 4) is 11.5 Å². The Kier molecular flexibility index (Phi) is 4.36. The van der Waals surface area contributed by atoms with Crippen molar-refractivity contribution in [2.45, 2.75) is 37.3 Å². The van der Waals surface area contributed by atoms with Crippen LogP contribution in [0.1, 0.15) is 37.4 Å². The lowest BCUT2D eigenvalue weighted by molar-refractivity contribution is -0.132. The van der Waals surface area contributed by atoms with Gasteiger partial charge in [-0.1, -0.05) is 12.8 Å². The second-order valence-electron chi connectivity index (χ2n) is 6.26. The van der Waals surface area contributed by atoms with Gasteiger partial charge in [-0.15, -0.1) is 0 Å². The zero-order valence-corrected chi connectivity index (χ0v) is 13.9. The molecule has 3 amide bonds. The Bertz CT molecular complexity index is 654. The molecule has 2 fully saturated rings. The Hall–Kier alpha value is -2.28. The van der Waals surface area contributed by atoms with Crippen molar-refractivity contribution >= 4 is 11.9 Å². The predicted molar refractivity (Wildman–Crippen MR) is 85.9 cm³/mol. The number of nitrogens with one attached hydrogen (secondary N) is 1. The van der Waals surface area contributed by atoms with Crippen LogP contribution in [0.4, 0.5) is 4.79 Å². The highest BCUT2D eigenvalue weighted by atomic mass is 16.5. The molecule has 1 heterocycles. The fraction of sp³-hybridized carbons (Fsp3) is 0.529. The summed E-state index contributed by atoms with van der Waals surface area (Å²) in [7, 11) is 3.03. The molecular weight excluding hydrogens is 312 g/mol. The van der Waals surface area contributed by atoms with Gasteiger partial charge in [-0.05, 0) is 31.0 Å². The number of ether oxygens (including phenoxy) is 2. The summed E-state index contributed by atoms with van der Waals surface area (Å²) in [6, 6.07) is 4.61. The zero-order valence-electron chi connectivity index (χ0n) is 13.9. The summed E-state index contributed by atoms with van der Waals surface area (Å²) in [5.41, 5.74) is -0.292. The number of aliphatic hydroxyl groups excluding tert-OH is 1. The molecule has 3 rings (SSSR count). The Labute approximate surface area is 140 Å². The average Bonchev–Trinajstić information content (AvgIpc) is 3.15. The van der Waals surface area contributed by atoms with Crippen molar-refractivity contribution in [2.75, 3.05) is 20.8 Å². The number of imide groups is 1. The number of benzene rings is 1. The quantitative estimate of drug-likeness (QED) is 0.799. The minimum atomic E-state index is -1.05. The summed E-state index contributed by atoms with van der Waals surface area (Å²) >= 11 is 0. The van der Waals surface area contributed by atoms with E-state index in [4.69, 9.17) is 9.47 Å². The average molecular weight is 334 g/mol. The largest absolute Gasteiger partial charge is 0.497 e. The summed E-state index contributed by atoms with van der Waals surface area (Å²) in [5, 5.41) is 13.4. The third kappa shape index (κ3) is 2.69. The molecule has 1 aromatic carbocycles. The predicted octanol–water partition coefficient (Wildman–Crippen LogP) is 1.60. The highest BCUT2D eigenvalue weighted by molar-refractivity contribution is 6.07. The highest BCUT2D eigenvalue weighted by Crippen LogP contribution is 2.36. The first-order chi connectivity index (χ1) is 11.5. The van der Waals surface area contributed by atoms with Crippen molar-refractivity contribution in [2.24, 2.45) is 0 Å². The van der Waals surface area contributed by atoms with Gasteiger partial charge >= 0.3 is 6.03 Å². The van der Waals surface area contributed by atoms with Crippen LogP contribution in [-0.4, -0.2) is 48.2 Å². The SMILES string of the molecule is COc1ccc(OC)c([C@@H](O)CN2C(=O)NC3(CCCC3)C2=O)c1. The lowest BCUT2D eigenvalue weighted by Crippen LogP contribution is -2.44. The molecule has 7 heteroatoms. The Morgan fingerprint density at radius 1 is 1.25 bits per heavy atom. The molecule has 7 nitrogen and oxygen atoms in total. The van der Waals surface area contributed by atoms with E-state index in [2.05, 4.69) is 5.32 Å². The van der Waals surface area contributed by atoms with E-state index < -0.39 is 17.7 Å². The number of carbonyl (C=O) groups excluding carboxylic acids is 2. The van der Waals surface area contributed by atoms with E-state index in [0.29, 0.717) is 29.9 Å². The van der Waals surface area contributed by atoms with Gasteiger partial charge in [0.2, 0.25) is 0 Å². The lowest BCUT2D eigenvalue weighted by atomic mass is 9.98. The number of carbonyl (C=O) groups is 2. The molecule has 2 N–H and O–H groups in total. The van der Waals surface area contributed by atoms with Gasteiger partial charge in [-0.3, -0.25) is 9.69 Å². The molecule has 0 unspecified atom stereocenters. The standard InChI is InChI=1S/C17H22N2O5/c1-23-11-5-6-14(24-2)12(9-11)13(20)10-19-15(21)17(18-16(19)22)7-3-4-8-17/h5-6,9,13,20H,3-4,7-8,10H2,1-2H3,(H,18,22)/t13-/m0/s1. The van der Waals surface area contributed by atoms with Crippen molar-refractivity contribution < 1.29 is 24.2 Å². The van der Waals surface area contributed by atoms with Crippen LogP contribution in [0.3, 0.4) is 0 Å². The molecule has 1 saturated heterocycles. The maximum Gasteiger partial charge on any atom is 0.325 e. The molecule has 0 aromatic heterocycles. The third-order valence-corrected chi connectivity index (χ3v) is 4.85. The van der Waals surface area contributed by atoms with E-state index >= 15 is 0 Å². The van der Waals surface area contributed by atoms with Crippen LogP contribution in [0.2, 0.25) is 0 Å². The zero-order chi connectivity index (χ0) is 17.3. The molecule has 1 spiro atoms. The minimum absolute atomic E-state index is 0.115. The van der Waals surface area contributed by atoms with Gasteiger partial charge in [-0.25, -0.2) is 4.79 Å². The fourth-order valence-corrected chi connectivity index (χ4v) is 3.53. The molecule has 1 aliphatic carbocycles. The van der Waals surface area contributed by atoms with E-state index in [1.54, 1.807) is 18.2 Å². The van der Waals surface area contributed by atoms with E-state index in [-0.39, 0.29) is 12.5 Å². The normalized spacial score (nSPS) is 20.4. The molecule has 0 bridgehead atoms. The van der Waals surface area contributed by atoms with Gasteiger partial charge in [0.15, 0.2) is 0 Å². The molecule has 1 atom stereocenters. The Morgan fingerprint density at radius 3 is 2.58 bits per heavy atom. The van der Waals surface area contributed by atoms with Crippen LogP contribution in [0.5, 0.6) is 11.5 Å². The van der Waals surface area contributed by atoms with Gasteiger partial charge < -0.3 is 19.9 Å². The smallest absolute Gasteiger partial charge is 0.325 e. The number of rotatable bonds is 5. The van der Waals surface area contributed by atoms with Crippen LogP contribution in [0.15, 0.2) is 18.2 Å². The van der Waals surface area contributed by atoms with Gasteiger partial charge in [0, 0.05) is 5.56 Å². The van der Waals surface area contributed by atoms with Gasteiger partial charge in [0.1, 0.15) is 23.1 Å². The second kappa shape index (κ2) is 6.32. The van der Waals surface area contributed by atoms with E-state index in [9.17, 15) is 14.7 Å². The van der Waals surface area contributed by atoms with Crippen LogP contribution < -0.4 is 14.8 Å². The van der Waals surface area contributed by atoms with Gasteiger partial charge in [-0.2, -0.15) is 0 Å². The number of hydrogen-bond acceptors (Lipinski definition) is 5. The first-order valence-electron chi connectivity index (χ1n) is 8.05. The maximum absolute atomic E-state index is 12.7. The monoisotopic (exact) mass is 334 g/mol. The number of amides is 3. The van der Waals surface area contributed by atoms with Crippen LogP contribution in [0.25, 0.3) is 0 Å². The molecule has 2 aliphatic rings. The minimum Gasteiger partial charge on any atom is -0.497 e. The first-order valence-corrected chi connectivity index (χ1v) is 8.05. The summed E-state index contributed by atoms with van der Waals surface area (Å²) < 4.78 is 10.4. The maximum atomic E-state index is 12.7. The molecule has 1 saturated carbocycles. The van der Waals surface area contributed by atoms with Crippen LogP contribution in [0, 0.1) is 0 Å². The molecule has 24 heavy (non-hydrogen) atoms. The van der Waals surface area contributed by atoms with Gasteiger partial charge in [0.25, 0.3) is 5.91 Å². The van der Waals surface area contributed by atoms with Crippen molar-refractivity contribution in [3.63, 3.8) is 0 Å². The summed E-state index contributed by atoms with van der Waals surface area (Å²) in [4.78, 5) is 26.0. The Morgan fingerprint density at radius 2 is 1.96 bits per heavy atom. The molecule has 1 aliphatic heterocycles. The summed E-state index contributed by atoms with van der Waals surface area (Å²) in [5.74, 6) is 0.797. The van der Waals surface area contributed by atoms with E-state index in [0.717, 1.165) is 17.7 Å².